The minimum absolute atomic E-state index is 0.296. The molecular weight excluding hydrogens is 410 g/mol. The monoisotopic (exact) mass is 445 g/mol. The molecule has 0 aromatic heterocycles. The van der Waals surface area contributed by atoms with E-state index in [9.17, 15) is 9.59 Å². The number of carbonyl (C=O) groups excluding carboxylic acids is 3. The van der Waals surface area contributed by atoms with E-state index in [0.717, 1.165) is 18.6 Å². The van der Waals surface area contributed by atoms with Gasteiger partial charge in [-0.25, -0.2) is 0 Å². The van der Waals surface area contributed by atoms with Gasteiger partial charge in [-0.3, -0.25) is 25.2 Å². The van der Waals surface area contributed by atoms with Gasteiger partial charge in [0.2, 0.25) is 6.41 Å². The van der Waals surface area contributed by atoms with E-state index in [1.54, 1.807) is 26.4 Å². The summed E-state index contributed by atoms with van der Waals surface area (Å²) in [5, 5.41) is 7.80. The van der Waals surface area contributed by atoms with Crippen LogP contribution in [0.4, 0.5) is 0 Å². The molecule has 0 fully saturated rings. The summed E-state index contributed by atoms with van der Waals surface area (Å²) in [4.78, 5) is 36.1. The van der Waals surface area contributed by atoms with E-state index in [4.69, 9.17) is 9.53 Å². The van der Waals surface area contributed by atoms with Crippen molar-refractivity contribution in [2.24, 2.45) is 4.99 Å². The average Bonchev–Trinajstić information content (AvgIpc) is 2.77. The van der Waals surface area contributed by atoms with Crippen LogP contribution in [0.15, 0.2) is 41.5 Å². The fraction of sp³-hybridized carbons (Fsp3) is 0.391. The van der Waals surface area contributed by atoms with Crippen LogP contribution in [-0.2, 0) is 20.9 Å². The number of hydrogen-bond acceptors (Lipinski definition) is 8. The average molecular weight is 446 g/mol. The number of nitrogens with one attached hydrogen (secondary N) is 3. The summed E-state index contributed by atoms with van der Waals surface area (Å²) in [5.74, 6) is 5.83. The zero-order chi connectivity index (χ0) is 24.6. The largest absolute Gasteiger partial charge is 0.497 e. The molecular formula is C23H35N5O4. The van der Waals surface area contributed by atoms with Crippen LogP contribution < -0.4 is 20.7 Å². The molecule has 0 aliphatic carbocycles. The number of aldehydes is 1. The van der Waals surface area contributed by atoms with Gasteiger partial charge in [0, 0.05) is 33.1 Å². The highest BCUT2D eigenvalue weighted by Gasteiger charge is 2.11. The van der Waals surface area contributed by atoms with Gasteiger partial charge in [-0.2, -0.15) is 0 Å². The standard InChI is InChI=1S/C12H18N4O2.C9H13NO.C2H4O/c1-13-11(12(18)15-10-17)6-4-7-14-8-5-9-16(2)3;1-10-7-8-3-5-9(11-2)6-4-8;1-2-3/h5,8-11,13H,7H2,1-3H3,(H,15,17,18);3-6,10H,7H2,1-2H3;2H,1H3/b9-5-,14-8?;;. The first-order valence-corrected chi connectivity index (χ1v) is 9.80. The predicted octanol–water partition coefficient (Wildman–Crippen LogP) is 0.616. The third-order valence-electron chi connectivity index (χ3n) is 3.28. The second-order valence-electron chi connectivity index (χ2n) is 6.08. The number of ether oxygens (including phenoxy) is 1. The zero-order valence-corrected chi connectivity index (χ0v) is 19.7. The molecule has 0 aliphatic heterocycles. The molecule has 0 aliphatic rings. The molecule has 32 heavy (non-hydrogen) atoms. The zero-order valence-electron chi connectivity index (χ0n) is 19.7. The second-order valence-corrected chi connectivity index (χ2v) is 6.08. The van der Waals surface area contributed by atoms with Crippen molar-refractivity contribution >= 4 is 24.8 Å². The molecule has 0 radical (unpaired) electrons. The summed E-state index contributed by atoms with van der Waals surface area (Å²) in [6.07, 6.45) is 6.36. The minimum Gasteiger partial charge on any atom is -0.497 e. The Balaban J connectivity index is 0. The van der Waals surface area contributed by atoms with Crippen molar-refractivity contribution in [3.8, 4) is 17.6 Å². The highest BCUT2D eigenvalue weighted by Crippen LogP contribution is 2.10. The summed E-state index contributed by atoms with van der Waals surface area (Å²) in [6.45, 7) is 2.65. The first kappa shape index (κ1) is 30.7. The van der Waals surface area contributed by atoms with Crippen molar-refractivity contribution in [1.29, 1.82) is 0 Å². The molecule has 176 valence electrons. The van der Waals surface area contributed by atoms with Gasteiger partial charge in [0.1, 0.15) is 18.1 Å². The van der Waals surface area contributed by atoms with E-state index in [1.165, 1.54) is 12.5 Å². The van der Waals surface area contributed by atoms with Crippen molar-refractivity contribution in [3.05, 3.63) is 42.1 Å². The smallest absolute Gasteiger partial charge is 0.255 e. The Morgan fingerprint density at radius 1 is 1.22 bits per heavy atom. The van der Waals surface area contributed by atoms with Gasteiger partial charge in [0.25, 0.3) is 5.91 Å². The van der Waals surface area contributed by atoms with Crippen LogP contribution in [0.2, 0.25) is 0 Å². The number of benzene rings is 1. The normalized spacial score (nSPS) is 10.4. The second kappa shape index (κ2) is 22.2. The number of aliphatic imine (C=N–C) groups is 1. The van der Waals surface area contributed by atoms with Crippen molar-refractivity contribution < 1.29 is 19.1 Å². The fourth-order valence-electron chi connectivity index (χ4n) is 1.88. The van der Waals surface area contributed by atoms with E-state index >= 15 is 0 Å². The molecule has 0 bridgehead atoms. The number of carbonyl (C=O) groups is 3. The Bertz CT molecular complexity index is 750. The van der Waals surface area contributed by atoms with E-state index in [0.29, 0.717) is 13.0 Å². The lowest BCUT2D eigenvalue weighted by Crippen LogP contribution is -2.41. The van der Waals surface area contributed by atoms with Crippen LogP contribution in [0.5, 0.6) is 5.75 Å². The minimum atomic E-state index is -0.706. The molecule has 9 heteroatoms. The molecule has 0 saturated heterocycles. The third-order valence-corrected chi connectivity index (χ3v) is 3.28. The molecule has 9 nitrogen and oxygen atoms in total. The highest BCUT2D eigenvalue weighted by molar-refractivity contribution is 5.92. The molecule has 1 rings (SSSR count). The van der Waals surface area contributed by atoms with Gasteiger partial charge >= 0.3 is 0 Å². The molecule has 1 aromatic carbocycles. The van der Waals surface area contributed by atoms with E-state index in [2.05, 4.69) is 39.6 Å². The maximum absolute atomic E-state index is 11.3. The molecule has 3 N–H and O–H groups in total. The van der Waals surface area contributed by atoms with Crippen LogP contribution >= 0.6 is 0 Å². The summed E-state index contributed by atoms with van der Waals surface area (Å²) in [6, 6.07) is 7.33. The van der Waals surface area contributed by atoms with Crippen molar-refractivity contribution in [2.75, 3.05) is 41.8 Å². The van der Waals surface area contributed by atoms with Gasteiger partial charge in [0.05, 0.1) is 13.7 Å². The SMILES string of the molecule is CC=O.CNC(C#CCN=C/C=C\N(C)C)C(=O)NC=O.CNCc1ccc(OC)cc1. The van der Waals surface area contributed by atoms with Crippen LogP contribution in [0.3, 0.4) is 0 Å². The lowest BCUT2D eigenvalue weighted by atomic mass is 10.2. The number of rotatable bonds is 9. The predicted molar refractivity (Wildman–Crippen MR) is 129 cm³/mol. The molecule has 0 heterocycles. The first-order chi connectivity index (χ1) is 15.4. The highest BCUT2D eigenvalue weighted by atomic mass is 16.5. The summed E-state index contributed by atoms with van der Waals surface area (Å²) < 4.78 is 5.03. The van der Waals surface area contributed by atoms with Crippen molar-refractivity contribution in [3.63, 3.8) is 0 Å². The summed E-state index contributed by atoms with van der Waals surface area (Å²) in [5.41, 5.74) is 1.27. The third kappa shape index (κ3) is 18.5. The van der Waals surface area contributed by atoms with Crippen LogP contribution in [-0.4, -0.2) is 77.6 Å². The van der Waals surface area contributed by atoms with Gasteiger partial charge < -0.3 is 19.7 Å². The first-order valence-electron chi connectivity index (χ1n) is 9.80. The number of imide groups is 1. The summed E-state index contributed by atoms with van der Waals surface area (Å²) >= 11 is 0. The molecule has 1 aromatic rings. The fourth-order valence-corrected chi connectivity index (χ4v) is 1.88. The maximum Gasteiger partial charge on any atom is 0.255 e. The molecule has 0 saturated carbocycles. The molecule has 1 atom stereocenters. The van der Waals surface area contributed by atoms with Gasteiger partial charge in [-0.15, -0.1) is 0 Å². The Kier molecular flexibility index (Phi) is 21.3. The Hall–Kier alpha value is -3.48. The number of methoxy groups -OCH3 is 1. The van der Waals surface area contributed by atoms with Crippen LogP contribution in [0, 0.1) is 11.8 Å². The number of amides is 2. The molecule has 2 amide bonds. The lowest BCUT2D eigenvalue weighted by Gasteiger charge is -2.05. The van der Waals surface area contributed by atoms with E-state index < -0.39 is 11.9 Å². The summed E-state index contributed by atoms with van der Waals surface area (Å²) in [7, 11) is 9.02. The maximum atomic E-state index is 11.3. The number of likely N-dealkylation sites (N-methyl/N-ethyl adjacent to an activating group) is 1. The van der Waals surface area contributed by atoms with Crippen molar-refractivity contribution in [1.82, 2.24) is 20.9 Å². The molecule has 1 unspecified atom stereocenters. The van der Waals surface area contributed by atoms with Crippen molar-refractivity contribution in [2.45, 2.75) is 19.5 Å². The quantitative estimate of drug-likeness (QED) is 0.290. The van der Waals surface area contributed by atoms with Gasteiger partial charge in [-0.05, 0) is 44.8 Å². The van der Waals surface area contributed by atoms with E-state index in [-0.39, 0.29) is 0 Å². The number of allylic oxidation sites excluding steroid dienone is 1. The Morgan fingerprint density at radius 3 is 2.31 bits per heavy atom. The topological polar surface area (TPSA) is 112 Å². The van der Waals surface area contributed by atoms with Gasteiger partial charge in [-0.1, -0.05) is 24.0 Å². The molecule has 0 spiro atoms. The van der Waals surface area contributed by atoms with E-state index in [1.807, 2.05) is 49.7 Å². The number of hydrogen-bond donors (Lipinski definition) is 3. The van der Waals surface area contributed by atoms with Gasteiger partial charge in [0.15, 0.2) is 0 Å². The Labute approximate surface area is 191 Å². The van der Waals surface area contributed by atoms with Crippen LogP contribution in [0.25, 0.3) is 0 Å². The van der Waals surface area contributed by atoms with Crippen LogP contribution in [0.1, 0.15) is 12.5 Å². The number of nitrogens with zero attached hydrogens (tertiary/aromatic N) is 2. The Morgan fingerprint density at radius 2 is 1.84 bits per heavy atom. The lowest BCUT2D eigenvalue weighted by molar-refractivity contribution is -0.125.